The van der Waals surface area contributed by atoms with Gasteiger partial charge in [-0.3, -0.25) is 0 Å². The molecule has 4 heteroatoms. The normalized spacial score (nSPS) is 12.0. The molecule has 0 fully saturated rings. The van der Waals surface area contributed by atoms with E-state index in [1.54, 1.807) is 6.92 Å². The third kappa shape index (κ3) is 3.74. The minimum Gasteiger partial charge on any atom is -0.478 e. The molecule has 1 unspecified atom stereocenters. The van der Waals surface area contributed by atoms with E-state index in [0.717, 1.165) is 11.1 Å². The number of carbonyl (C=O) groups is 1. The Balaban J connectivity index is 2.83. The van der Waals surface area contributed by atoms with E-state index in [1.807, 2.05) is 32.0 Å². The Morgan fingerprint density at radius 1 is 1.39 bits per heavy atom. The second kappa shape index (κ2) is 7.01. The van der Waals surface area contributed by atoms with Gasteiger partial charge in [-0.1, -0.05) is 19.1 Å². The molecule has 0 aliphatic rings. The van der Waals surface area contributed by atoms with Crippen molar-refractivity contribution in [2.24, 2.45) is 5.73 Å². The molecule has 1 rings (SSSR count). The highest BCUT2D eigenvalue weighted by atomic mass is 16.6. The summed E-state index contributed by atoms with van der Waals surface area (Å²) in [6, 6.07) is 5.76. The molecule has 1 atom stereocenters. The molecule has 0 radical (unpaired) electrons. The molecule has 0 saturated carbocycles. The number of hydrogen-bond donors (Lipinski definition) is 1. The predicted octanol–water partition coefficient (Wildman–Crippen LogP) is 2.17. The van der Waals surface area contributed by atoms with Crippen LogP contribution in [-0.4, -0.2) is 18.7 Å². The zero-order valence-electron chi connectivity index (χ0n) is 11.2. The molecule has 1 aromatic rings. The monoisotopic (exact) mass is 251 g/mol. The summed E-state index contributed by atoms with van der Waals surface area (Å²) in [4.78, 5) is 11.7. The quantitative estimate of drug-likeness (QED) is 0.787. The number of hydrogen-bond acceptors (Lipinski definition) is 4. The molecule has 0 saturated heterocycles. The zero-order chi connectivity index (χ0) is 13.5. The smallest absolute Gasteiger partial charge is 0.347 e. The first kappa shape index (κ1) is 14.5. The van der Waals surface area contributed by atoms with E-state index >= 15 is 0 Å². The Labute approximate surface area is 108 Å². The number of aryl methyl sites for hydroxylation is 1. The van der Waals surface area contributed by atoms with Gasteiger partial charge in [-0.2, -0.15) is 0 Å². The van der Waals surface area contributed by atoms with E-state index in [0.29, 0.717) is 25.3 Å². The highest BCUT2D eigenvalue weighted by Gasteiger charge is 2.20. The lowest BCUT2D eigenvalue weighted by molar-refractivity contribution is -0.151. The zero-order valence-corrected chi connectivity index (χ0v) is 11.2. The molecule has 0 aromatic heterocycles. The third-order valence-electron chi connectivity index (χ3n) is 2.68. The Morgan fingerprint density at radius 2 is 2.11 bits per heavy atom. The summed E-state index contributed by atoms with van der Waals surface area (Å²) in [6.45, 7) is 6.43. The molecule has 0 spiro atoms. The first-order chi connectivity index (χ1) is 8.62. The van der Waals surface area contributed by atoms with Gasteiger partial charge in [0.25, 0.3) is 0 Å². The highest BCUT2D eigenvalue weighted by Crippen LogP contribution is 2.21. The Bertz CT molecular complexity index is 404. The lowest BCUT2D eigenvalue weighted by Gasteiger charge is -2.18. The van der Waals surface area contributed by atoms with Crippen molar-refractivity contribution in [1.29, 1.82) is 0 Å². The Hall–Kier alpha value is -1.55. The van der Waals surface area contributed by atoms with Crippen molar-refractivity contribution >= 4 is 5.97 Å². The molecule has 0 heterocycles. The van der Waals surface area contributed by atoms with Crippen molar-refractivity contribution < 1.29 is 14.3 Å². The molecule has 0 aliphatic heterocycles. The molecule has 4 nitrogen and oxygen atoms in total. The molecule has 0 bridgehead atoms. The van der Waals surface area contributed by atoms with Crippen molar-refractivity contribution in [3.05, 3.63) is 29.3 Å². The van der Waals surface area contributed by atoms with Crippen LogP contribution >= 0.6 is 0 Å². The number of benzene rings is 1. The topological polar surface area (TPSA) is 61.5 Å². The molecular weight excluding hydrogens is 230 g/mol. The van der Waals surface area contributed by atoms with Crippen molar-refractivity contribution in [3.8, 4) is 5.75 Å². The summed E-state index contributed by atoms with van der Waals surface area (Å²) in [5, 5.41) is 0. The van der Waals surface area contributed by atoms with Crippen molar-refractivity contribution in [2.45, 2.75) is 39.8 Å². The second-order valence-electron chi connectivity index (χ2n) is 4.07. The first-order valence-electron chi connectivity index (χ1n) is 6.25. The van der Waals surface area contributed by atoms with E-state index in [4.69, 9.17) is 15.2 Å². The molecule has 0 amide bonds. The fraction of sp³-hybridized carbons (Fsp3) is 0.500. The maximum absolute atomic E-state index is 11.7. The van der Waals surface area contributed by atoms with E-state index in [-0.39, 0.29) is 5.97 Å². The van der Waals surface area contributed by atoms with Gasteiger partial charge in [-0.15, -0.1) is 0 Å². The largest absolute Gasteiger partial charge is 0.478 e. The van der Waals surface area contributed by atoms with Crippen LogP contribution in [0.25, 0.3) is 0 Å². The standard InChI is InChI=1S/C14H21NO3/c1-4-12(14(16)17-5-2)18-13-8-11(9-15)7-6-10(13)3/h6-8,12H,4-5,9,15H2,1-3H3. The lowest BCUT2D eigenvalue weighted by Crippen LogP contribution is -2.29. The van der Waals surface area contributed by atoms with Crippen LogP contribution in [-0.2, 0) is 16.1 Å². The summed E-state index contributed by atoms with van der Waals surface area (Å²) in [5.74, 6) is 0.371. The summed E-state index contributed by atoms with van der Waals surface area (Å²) in [5.41, 5.74) is 7.55. The lowest BCUT2D eigenvalue weighted by atomic mass is 10.1. The van der Waals surface area contributed by atoms with Crippen LogP contribution in [0.5, 0.6) is 5.75 Å². The van der Waals surface area contributed by atoms with E-state index < -0.39 is 6.10 Å². The molecule has 100 valence electrons. The van der Waals surface area contributed by atoms with Crippen LogP contribution in [0.1, 0.15) is 31.4 Å². The molecule has 2 N–H and O–H groups in total. The Kier molecular flexibility index (Phi) is 5.65. The molecule has 18 heavy (non-hydrogen) atoms. The number of rotatable bonds is 6. The number of esters is 1. The third-order valence-corrected chi connectivity index (χ3v) is 2.68. The fourth-order valence-electron chi connectivity index (χ4n) is 1.59. The minimum atomic E-state index is -0.559. The average Bonchev–Trinajstić information content (AvgIpc) is 2.38. The summed E-state index contributed by atoms with van der Waals surface area (Å²) in [6.07, 6.45) is 0.0159. The Morgan fingerprint density at radius 3 is 2.67 bits per heavy atom. The molecule has 1 aromatic carbocycles. The van der Waals surface area contributed by atoms with Crippen LogP contribution in [0.4, 0.5) is 0 Å². The van der Waals surface area contributed by atoms with Crippen LogP contribution in [0.15, 0.2) is 18.2 Å². The van der Waals surface area contributed by atoms with Crippen LogP contribution in [0, 0.1) is 6.92 Å². The SMILES string of the molecule is CCOC(=O)C(CC)Oc1cc(CN)ccc1C. The minimum absolute atomic E-state index is 0.322. The van der Waals surface area contributed by atoms with Gasteiger partial charge in [0, 0.05) is 6.54 Å². The van der Waals surface area contributed by atoms with Gasteiger partial charge in [0.1, 0.15) is 5.75 Å². The van der Waals surface area contributed by atoms with Gasteiger partial charge in [-0.05, 0) is 37.5 Å². The van der Waals surface area contributed by atoms with Crippen molar-refractivity contribution in [1.82, 2.24) is 0 Å². The van der Waals surface area contributed by atoms with Crippen molar-refractivity contribution in [3.63, 3.8) is 0 Å². The number of ether oxygens (including phenoxy) is 2. The van der Waals surface area contributed by atoms with Gasteiger partial charge >= 0.3 is 5.97 Å². The van der Waals surface area contributed by atoms with Crippen LogP contribution in [0.2, 0.25) is 0 Å². The first-order valence-corrected chi connectivity index (χ1v) is 6.25. The number of carbonyl (C=O) groups excluding carboxylic acids is 1. The van der Waals surface area contributed by atoms with E-state index in [1.165, 1.54) is 0 Å². The molecule has 0 aliphatic carbocycles. The maximum Gasteiger partial charge on any atom is 0.347 e. The summed E-state index contributed by atoms with van der Waals surface area (Å²) in [7, 11) is 0. The fourth-order valence-corrected chi connectivity index (χ4v) is 1.59. The maximum atomic E-state index is 11.7. The average molecular weight is 251 g/mol. The van der Waals surface area contributed by atoms with Crippen LogP contribution in [0.3, 0.4) is 0 Å². The van der Waals surface area contributed by atoms with Gasteiger partial charge in [-0.25, -0.2) is 4.79 Å². The van der Waals surface area contributed by atoms with Gasteiger partial charge in [0.15, 0.2) is 6.10 Å². The van der Waals surface area contributed by atoms with E-state index in [9.17, 15) is 4.79 Å². The van der Waals surface area contributed by atoms with Crippen LogP contribution < -0.4 is 10.5 Å². The van der Waals surface area contributed by atoms with Gasteiger partial charge in [0.05, 0.1) is 6.61 Å². The van der Waals surface area contributed by atoms with Gasteiger partial charge in [0.2, 0.25) is 0 Å². The molecular formula is C14H21NO3. The van der Waals surface area contributed by atoms with Gasteiger partial charge < -0.3 is 15.2 Å². The highest BCUT2D eigenvalue weighted by molar-refractivity contribution is 5.75. The summed E-state index contributed by atoms with van der Waals surface area (Å²) < 4.78 is 10.7. The second-order valence-corrected chi connectivity index (χ2v) is 4.07. The van der Waals surface area contributed by atoms with Crippen molar-refractivity contribution in [2.75, 3.05) is 6.61 Å². The summed E-state index contributed by atoms with van der Waals surface area (Å²) >= 11 is 0. The number of nitrogens with two attached hydrogens (primary N) is 1. The van der Waals surface area contributed by atoms with E-state index in [2.05, 4.69) is 0 Å². The predicted molar refractivity (Wildman–Crippen MR) is 70.4 cm³/mol.